The van der Waals surface area contributed by atoms with Crippen molar-refractivity contribution in [2.24, 2.45) is 5.73 Å². The Morgan fingerprint density at radius 3 is 3.10 bits per heavy atom. The molecule has 0 radical (unpaired) electrons. The highest BCUT2D eigenvalue weighted by Crippen LogP contribution is 2.35. The maximum Gasteiger partial charge on any atom is 0.150 e. The van der Waals surface area contributed by atoms with E-state index in [2.05, 4.69) is 0 Å². The molecule has 0 bridgehead atoms. The Labute approximate surface area is 120 Å². The molecule has 2 rings (SSSR count). The van der Waals surface area contributed by atoms with Crippen LogP contribution in [-0.2, 0) is 9.53 Å². The Morgan fingerprint density at radius 2 is 2.30 bits per heavy atom. The lowest BCUT2D eigenvalue weighted by molar-refractivity contribution is -0.121. The molecule has 0 aromatic heterocycles. The summed E-state index contributed by atoms with van der Waals surface area (Å²) in [5.41, 5.74) is 7.09. The number of ketones is 1. The van der Waals surface area contributed by atoms with Gasteiger partial charge in [0.2, 0.25) is 0 Å². The second-order valence-electron chi connectivity index (χ2n) is 5.28. The highest BCUT2D eigenvalue weighted by molar-refractivity contribution is 5.84. The molecule has 0 aliphatic carbocycles. The molecule has 0 amide bonds. The van der Waals surface area contributed by atoms with Crippen LogP contribution in [0.25, 0.3) is 0 Å². The quantitative estimate of drug-likeness (QED) is 0.777. The van der Waals surface area contributed by atoms with E-state index >= 15 is 0 Å². The van der Waals surface area contributed by atoms with Crippen molar-refractivity contribution in [1.29, 1.82) is 0 Å². The standard InChI is InChI=1S/C16H23NO3/c1-19-9-4-6-14(17)15(18)11-12-8-10-20-16-7-3-2-5-13(12)16/h2-3,5,7,12,14H,4,6,8-11,17H2,1H3. The van der Waals surface area contributed by atoms with Gasteiger partial charge in [-0.25, -0.2) is 0 Å². The number of Topliss-reactive ketones (excluding diaryl/α,β-unsaturated/α-hetero) is 1. The van der Waals surface area contributed by atoms with Crippen LogP contribution in [0.4, 0.5) is 0 Å². The molecule has 2 unspecified atom stereocenters. The van der Waals surface area contributed by atoms with Crippen molar-refractivity contribution in [2.45, 2.75) is 37.6 Å². The number of ether oxygens (including phenoxy) is 2. The minimum Gasteiger partial charge on any atom is -0.493 e. The first-order chi connectivity index (χ1) is 9.72. The summed E-state index contributed by atoms with van der Waals surface area (Å²) in [5, 5.41) is 0. The SMILES string of the molecule is COCCCC(N)C(=O)CC1CCOc2ccccc21. The molecule has 4 nitrogen and oxygen atoms in total. The Balaban J connectivity index is 1.92. The molecule has 0 spiro atoms. The third kappa shape index (κ3) is 3.81. The molecule has 1 heterocycles. The van der Waals surface area contributed by atoms with Crippen molar-refractivity contribution in [1.82, 2.24) is 0 Å². The third-order valence-electron chi connectivity index (χ3n) is 3.81. The van der Waals surface area contributed by atoms with Crippen LogP contribution in [-0.4, -0.2) is 32.1 Å². The minimum absolute atomic E-state index is 0.141. The van der Waals surface area contributed by atoms with Crippen LogP contribution in [0.15, 0.2) is 24.3 Å². The minimum atomic E-state index is -0.375. The maximum absolute atomic E-state index is 12.2. The molecule has 4 heteroatoms. The first kappa shape index (κ1) is 15.0. The van der Waals surface area contributed by atoms with Crippen LogP contribution in [0.2, 0.25) is 0 Å². The van der Waals surface area contributed by atoms with Crippen LogP contribution in [0.1, 0.15) is 37.2 Å². The number of benzene rings is 1. The predicted molar refractivity (Wildman–Crippen MR) is 78.0 cm³/mol. The zero-order valence-electron chi connectivity index (χ0n) is 12.0. The smallest absolute Gasteiger partial charge is 0.150 e. The normalized spacial score (nSPS) is 19.0. The second kappa shape index (κ2) is 7.41. The topological polar surface area (TPSA) is 61.5 Å². The van der Waals surface area contributed by atoms with Gasteiger partial charge in [0.05, 0.1) is 12.6 Å². The summed E-state index contributed by atoms with van der Waals surface area (Å²) >= 11 is 0. The molecule has 1 aromatic rings. The number of carbonyl (C=O) groups excluding carboxylic acids is 1. The molecule has 0 saturated heterocycles. The fourth-order valence-corrected chi connectivity index (χ4v) is 2.63. The van der Waals surface area contributed by atoms with Crippen molar-refractivity contribution in [3.8, 4) is 5.75 Å². The van der Waals surface area contributed by atoms with Crippen LogP contribution in [0.5, 0.6) is 5.75 Å². The first-order valence-corrected chi connectivity index (χ1v) is 7.21. The Morgan fingerprint density at radius 1 is 1.50 bits per heavy atom. The van der Waals surface area contributed by atoms with Gasteiger partial charge in [-0.15, -0.1) is 0 Å². The second-order valence-corrected chi connectivity index (χ2v) is 5.28. The number of fused-ring (bicyclic) bond motifs is 1. The Bertz CT molecular complexity index is 447. The number of hydrogen-bond donors (Lipinski definition) is 1. The molecule has 1 aromatic carbocycles. The average Bonchev–Trinajstić information content (AvgIpc) is 2.47. The van der Waals surface area contributed by atoms with Crippen molar-refractivity contribution in [2.75, 3.05) is 20.3 Å². The van der Waals surface area contributed by atoms with E-state index in [1.165, 1.54) is 0 Å². The predicted octanol–water partition coefficient (Wildman–Crippen LogP) is 2.27. The van der Waals surface area contributed by atoms with Gasteiger partial charge >= 0.3 is 0 Å². The molecular formula is C16H23NO3. The van der Waals surface area contributed by atoms with Gasteiger partial charge in [-0.2, -0.15) is 0 Å². The van der Waals surface area contributed by atoms with Gasteiger partial charge in [0.25, 0.3) is 0 Å². The molecule has 0 fully saturated rings. The summed E-state index contributed by atoms with van der Waals surface area (Å²) in [5.74, 6) is 1.29. The van der Waals surface area contributed by atoms with E-state index in [9.17, 15) is 4.79 Å². The molecule has 2 N–H and O–H groups in total. The monoisotopic (exact) mass is 277 g/mol. The zero-order chi connectivity index (χ0) is 14.4. The number of rotatable bonds is 7. The lowest BCUT2D eigenvalue weighted by Crippen LogP contribution is -2.32. The number of hydrogen-bond acceptors (Lipinski definition) is 4. The van der Waals surface area contributed by atoms with Crippen molar-refractivity contribution in [3.63, 3.8) is 0 Å². The lowest BCUT2D eigenvalue weighted by Gasteiger charge is -2.26. The van der Waals surface area contributed by atoms with Crippen LogP contribution in [0.3, 0.4) is 0 Å². The fourth-order valence-electron chi connectivity index (χ4n) is 2.63. The molecule has 1 aliphatic heterocycles. The van der Waals surface area contributed by atoms with Gasteiger partial charge < -0.3 is 15.2 Å². The number of methoxy groups -OCH3 is 1. The summed E-state index contributed by atoms with van der Waals surface area (Å²) < 4.78 is 10.6. The van der Waals surface area contributed by atoms with E-state index in [0.29, 0.717) is 26.1 Å². The van der Waals surface area contributed by atoms with E-state index in [-0.39, 0.29) is 17.7 Å². The van der Waals surface area contributed by atoms with Gasteiger partial charge in [-0.1, -0.05) is 18.2 Å². The van der Waals surface area contributed by atoms with E-state index in [4.69, 9.17) is 15.2 Å². The van der Waals surface area contributed by atoms with Crippen LogP contribution in [0, 0.1) is 0 Å². The summed E-state index contributed by atoms with van der Waals surface area (Å²) in [6, 6.07) is 7.58. The molecule has 0 saturated carbocycles. The first-order valence-electron chi connectivity index (χ1n) is 7.21. The van der Waals surface area contributed by atoms with Crippen molar-refractivity contribution >= 4 is 5.78 Å². The van der Waals surface area contributed by atoms with E-state index < -0.39 is 0 Å². The Kier molecular flexibility index (Phi) is 5.56. The molecule has 20 heavy (non-hydrogen) atoms. The molecular weight excluding hydrogens is 254 g/mol. The van der Waals surface area contributed by atoms with E-state index in [1.807, 2.05) is 24.3 Å². The fraction of sp³-hybridized carbons (Fsp3) is 0.562. The Hall–Kier alpha value is -1.39. The van der Waals surface area contributed by atoms with E-state index in [0.717, 1.165) is 24.2 Å². The van der Waals surface area contributed by atoms with E-state index in [1.54, 1.807) is 7.11 Å². The summed E-state index contributed by atoms with van der Waals surface area (Å²) in [6.07, 6.45) is 2.91. The largest absolute Gasteiger partial charge is 0.493 e. The highest BCUT2D eigenvalue weighted by Gasteiger charge is 2.25. The van der Waals surface area contributed by atoms with Crippen LogP contribution >= 0.6 is 0 Å². The van der Waals surface area contributed by atoms with Gasteiger partial charge in [0.15, 0.2) is 0 Å². The molecule has 1 aliphatic rings. The summed E-state index contributed by atoms with van der Waals surface area (Å²) in [6.45, 7) is 1.33. The van der Waals surface area contributed by atoms with Gasteiger partial charge in [-0.3, -0.25) is 4.79 Å². The van der Waals surface area contributed by atoms with Crippen molar-refractivity contribution < 1.29 is 14.3 Å². The number of nitrogens with two attached hydrogens (primary N) is 1. The summed E-state index contributed by atoms with van der Waals surface area (Å²) in [4.78, 5) is 12.2. The summed E-state index contributed by atoms with van der Waals surface area (Å²) in [7, 11) is 1.66. The molecule has 110 valence electrons. The van der Waals surface area contributed by atoms with Gasteiger partial charge in [-0.05, 0) is 36.8 Å². The zero-order valence-corrected chi connectivity index (χ0v) is 12.0. The average molecular weight is 277 g/mol. The third-order valence-corrected chi connectivity index (χ3v) is 3.81. The number of carbonyl (C=O) groups is 1. The van der Waals surface area contributed by atoms with Gasteiger partial charge in [0, 0.05) is 20.1 Å². The lowest BCUT2D eigenvalue weighted by atomic mass is 9.87. The highest BCUT2D eigenvalue weighted by atomic mass is 16.5. The van der Waals surface area contributed by atoms with Crippen molar-refractivity contribution in [3.05, 3.63) is 29.8 Å². The van der Waals surface area contributed by atoms with Crippen LogP contribution < -0.4 is 10.5 Å². The molecule has 2 atom stereocenters. The number of para-hydroxylation sites is 1. The maximum atomic E-state index is 12.2. The van der Waals surface area contributed by atoms with Gasteiger partial charge in [0.1, 0.15) is 11.5 Å².